The van der Waals surface area contributed by atoms with Crippen LogP contribution in [0.4, 0.5) is 73.1 Å². The summed E-state index contributed by atoms with van der Waals surface area (Å²) in [7, 11) is -4.08. The van der Waals surface area contributed by atoms with Gasteiger partial charge in [0.05, 0.1) is 58.8 Å². The Morgan fingerprint density at radius 3 is 1.34 bits per heavy atom. The van der Waals surface area contributed by atoms with E-state index in [1.54, 1.807) is 12.1 Å². The highest BCUT2D eigenvalue weighted by Gasteiger charge is 2.39. The molecule has 31 heteroatoms. The van der Waals surface area contributed by atoms with E-state index in [1.165, 1.54) is 13.3 Å². The Morgan fingerprint density at radius 2 is 0.974 bits per heavy atom. The topological polar surface area (TPSA) is 226 Å². The van der Waals surface area contributed by atoms with Crippen LogP contribution in [0.1, 0.15) is 60.8 Å². The molecule has 6 rings (SSSR count). The van der Waals surface area contributed by atoms with Gasteiger partial charge in [0, 0.05) is 24.5 Å². The summed E-state index contributed by atoms with van der Waals surface area (Å²) in [4.78, 5) is 54.0. The Hall–Kier alpha value is -9.32. The second kappa shape index (κ2) is 24.8. The molecule has 0 unspecified atom stereocenters. The number of alkyl halides is 12. The maximum Gasteiger partial charge on any atom is 0.573 e. The van der Waals surface area contributed by atoms with Crippen LogP contribution in [0.25, 0.3) is 0 Å². The molecule has 6 aromatic rings. The van der Waals surface area contributed by atoms with Crippen molar-refractivity contribution in [3.05, 3.63) is 142 Å². The minimum Gasteiger partial charge on any atom is -0.493 e. The molecule has 0 bridgehead atoms. The predicted octanol–water partition coefficient (Wildman–Crippen LogP) is 11.7. The van der Waals surface area contributed by atoms with Crippen LogP contribution in [-0.2, 0) is 21.8 Å². The van der Waals surface area contributed by atoms with Gasteiger partial charge >= 0.3 is 43.0 Å². The molecule has 0 aliphatic rings. The van der Waals surface area contributed by atoms with E-state index < -0.39 is 143 Å². The summed E-state index contributed by atoms with van der Waals surface area (Å²) in [5.74, 6) is -16.3. The third-order valence-electron chi connectivity index (χ3n) is 8.85. The van der Waals surface area contributed by atoms with Crippen LogP contribution >= 0.6 is 0 Å². The number of methoxy groups -OCH3 is 4. The number of nitrogens with one attached hydrogen (secondary N) is 1. The Morgan fingerprint density at radius 1 is 0.558 bits per heavy atom. The van der Waals surface area contributed by atoms with Gasteiger partial charge in [0.2, 0.25) is 0 Å². The molecule has 0 radical (unpaired) electrons. The molecule has 412 valence electrons. The van der Waals surface area contributed by atoms with Crippen molar-refractivity contribution in [2.75, 3.05) is 39.3 Å². The number of aromatic carboxylic acids is 1. The average Bonchev–Trinajstić information content (AvgIpc) is 3.56. The molecule has 2 heterocycles. The summed E-state index contributed by atoms with van der Waals surface area (Å²) < 4.78 is 261. The van der Waals surface area contributed by atoms with Crippen LogP contribution in [-0.4, -0.2) is 79.9 Å². The number of carboxylic acid groups (broad SMARTS) is 1. The smallest absolute Gasteiger partial charge is 0.493 e. The standard InChI is InChI=1S/C23H15F7N2O6.C16H9F7O5.C7H8N2O2/c1-35-16-9-12(38-23(28,29)30)4-6-14(16)37-15-7-5-13(22(25,26)27)19(24)18(15)20(33)32-17-8-3-11(10-31-17)21(34)36-2;1-26-11-6-7(28-16(21,22)23)2-4-9(11)27-10-5-3-8(15(18,19)20)13(17)12(10)14(24)25;1-11-7(10)5-2-3-6(8)9-4-5/h3-10H,1-2H3,(H,31,32,33);2-6H,1H3,(H,24,25);2-4H,1H3,(H2,8,9)/i2*1D3;. The van der Waals surface area contributed by atoms with Gasteiger partial charge in [-0.15, -0.1) is 26.3 Å². The van der Waals surface area contributed by atoms with Crippen molar-refractivity contribution in [3.63, 3.8) is 0 Å². The molecule has 0 saturated heterocycles. The predicted molar refractivity (Wildman–Crippen MR) is 233 cm³/mol. The number of aromatic nitrogens is 2. The van der Waals surface area contributed by atoms with Gasteiger partial charge < -0.3 is 54.1 Å². The highest BCUT2D eigenvalue weighted by atomic mass is 19.4. The van der Waals surface area contributed by atoms with Crippen LogP contribution in [0, 0.1) is 11.6 Å². The third-order valence-corrected chi connectivity index (χ3v) is 8.85. The summed E-state index contributed by atoms with van der Waals surface area (Å²) in [5, 5.41) is 11.1. The number of nitrogen functional groups attached to an aromatic ring is 1. The maximum absolute atomic E-state index is 15.1. The number of hydrogen-bond donors (Lipinski definition) is 3. The normalized spacial score (nSPS) is 12.8. The molecule has 0 saturated carbocycles. The lowest BCUT2D eigenvalue weighted by Gasteiger charge is -2.17. The number of benzene rings is 4. The fourth-order valence-corrected chi connectivity index (χ4v) is 5.60. The number of anilines is 2. The maximum atomic E-state index is 15.1. The summed E-state index contributed by atoms with van der Waals surface area (Å²) in [5.41, 5.74) is -1.03. The number of carbonyl (C=O) groups is 4. The number of rotatable bonds is 13. The molecule has 0 aliphatic carbocycles. The first-order chi connectivity index (χ1) is 38.1. The van der Waals surface area contributed by atoms with Gasteiger partial charge in [0.15, 0.2) is 34.6 Å². The van der Waals surface area contributed by atoms with E-state index in [4.69, 9.17) is 28.5 Å². The van der Waals surface area contributed by atoms with Crippen LogP contribution in [0.2, 0.25) is 0 Å². The summed E-state index contributed by atoms with van der Waals surface area (Å²) in [6, 6.07) is 10.1. The number of esters is 2. The van der Waals surface area contributed by atoms with Gasteiger partial charge in [-0.05, 0) is 72.8 Å². The Balaban J connectivity index is 0.000000308. The van der Waals surface area contributed by atoms with Crippen LogP contribution in [0.3, 0.4) is 0 Å². The van der Waals surface area contributed by atoms with E-state index in [2.05, 4.69) is 38.4 Å². The number of nitrogens with zero attached hydrogens (tertiary/aromatic N) is 2. The monoisotopic (exact) mass is 1120 g/mol. The molecule has 17 nitrogen and oxygen atoms in total. The Labute approximate surface area is 430 Å². The molecule has 4 N–H and O–H groups in total. The lowest BCUT2D eigenvalue weighted by atomic mass is 10.1. The zero-order valence-electron chi connectivity index (χ0n) is 43.8. The van der Waals surface area contributed by atoms with E-state index in [1.807, 2.05) is 5.32 Å². The van der Waals surface area contributed by atoms with Gasteiger partial charge in [-0.1, -0.05) is 0 Å². The number of pyridine rings is 2. The van der Waals surface area contributed by atoms with Crippen LogP contribution in [0.5, 0.6) is 46.0 Å². The number of nitrogens with two attached hydrogens (primary N) is 1. The number of hydrogen-bond acceptors (Lipinski definition) is 15. The fraction of sp³-hybridized carbons (Fsp3) is 0.174. The summed E-state index contributed by atoms with van der Waals surface area (Å²) in [6.07, 6.45) is -18.5. The van der Waals surface area contributed by atoms with Crippen molar-refractivity contribution >= 4 is 35.5 Å². The quantitative estimate of drug-likeness (QED) is 0.0722. The molecule has 0 spiro atoms. The number of amides is 1. The fourth-order valence-electron chi connectivity index (χ4n) is 5.60. The highest BCUT2D eigenvalue weighted by Crippen LogP contribution is 2.43. The largest absolute Gasteiger partial charge is 0.573 e. The van der Waals surface area contributed by atoms with Crippen LogP contribution < -0.4 is 39.5 Å². The summed E-state index contributed by atoms with van der Waals surface area (Å²) >= 11 is 0. The number of ether oxygens (including phenoxy) is 8. The lowest BCUT2D eigenvalue weighted by Crippen LogP contribution is -2.19. The van der Waals surface area contributed by atoms with Crippen molar-refractivity contribution in [2.45, 2.75) is 25.1 Å². The third kappa shape index (κ3) is 16.8. The Kier molecular flexibility index (Phi) is 16.5. The van der Waals surface area contributed by atoms with E-state index in [9.17, 15) is 76.3 Å². The first-order valence-corrected chi connectivity index (χ1v) is 19.8. The van der Waals surface area contributed by atoms with E-state index in [0.717, 1.165) is 25.4 Å². The van der Waals surface area contributed by atoms with Crippen molar-refractivity contribution in [3.8, 4) is 46.0 Å². The zero-order chi connectivity index (χ0) is 62.8. The molecular formula is C46H32F14N4O13. The number of carboxylic acids is 1. The van der Waals surface area contributed by atoms with E-state index in [0.29, 0.717) is 59.9 Å². The van der Waals surface area contributed by atoms with Gasteiger partial charge in [-0.3, -0.25) is 4.79 Å². The number of carbonyl (C=O) groups excluding carboxylic acids is 3. The second-order valence-corrected chi connectivity index (χ2v) is 14.0. The molecule has 0 fully saturated rings. The van der Waals surface area contributed by atoms with Gasteiger partial charge in [-0.2, -0.15) is 26.3 Å². The molecule has 77 heavy (non-hydrogen) atoms. The minimum atomic E-state index is -5.27. The lowest BCUT2D eigenvalue weighted by molar-refractivity contribution is -0.275. The van der Waals surface area contributed by atoms with E-state index >= 15 is 4.39 Å². The molecular weight excluding hydrogens is 1080 g/mol. The van der Waals surface area contributed by atoms with Crippen LogP contribution in [0.15, 0.2) is 97.3 Å². The van der Waals surface area contributed by atoms with Crippen molar-refractivity contribution < 1.29 is 132 Å². The van der Waals surface area contributed by atoms with Gasteiger partial charge in [0.1, 0.15) is 45.8 Å². The van der Waals surface area contributed by atoms with Crippen molar-refractivity contribution in [2.24, 2.45) is 0 Å². The van der Waals surface area contributed by atoms with E-state index in [-0.39, 0.29) is 23.5 Å². The SMILES string of the molecule is COC(=O)c1ccc(N)nc1.[2H]C([2H])([2H])Oc1cc(OC(F)(F)F)ccc1Oc1ccc(C(F)(F)F)c(F)c1C(=O)Nc1ccc(C(=O)OC)cn1.[2H]C([2H])([2H])Oc1cc(OC(F)(F)F)ccc1Oc1ccc(C(F)(F)F)c(F)c1C(=O)O. The van der Waals surface area contributed by atoms with Gasteiger partial charge in [-0.25, -0.2) is 33.1 Å². The molecule has 2 aromatic heterocycles. The zero-order valence-corrected chi connectivity index (χ0v) is 37.8. The number of halogens is 14. The molecule has 4 aromatic carbocycles. The first-order valence-electron chi connectivity index (χ1n) is 22.8. The molecule has 0 aliphatic heterocycles. The second-order valence-electron chi connectivity index (χ2n) is 14.0. The highest BCUT2D eigenvalue weighted by molar-refractivity contribution is 6.06. The minimum absolute atomic E-state index is 0.0560. The summed E-state index contributed by atoms with van der Waals surface area (Å²) in [6.45, 7) is 0. The molecule has 0 atom stereocenters. The van der Waals surface area contributed by atoms with Crippen molar-refractivity contribution in [1.82, 2.24) is 9.97 Å². The average molecular weight is 1120 g/mol. The Bertz CT molecular complexity index is 3310. The molecule has 1 amide bonds. The first kappa shape index (κ1) is 51.2. The van der Waals surface area contributed by atoms with Gasteiger partial charge in [0.25, 0.3) is 5.91 Å². The van der Waals surface area contributed by atoms with Crippen molar-refractivity contribution in [1.29, 1.82) is 0 Å².